The lowest BCUT2D eigenvalue weighted by molar-refractivity contribution is -0.124. The van der Waals surface area contributed by atoms with E-state index in [1.165, 1.54) is 11.6 Å². The van der Waals surface area contributed by atoms with Gasteiger partial charge in [-0.3, -0.25) is 14.9 Å². The van der Waals surface area contributed by atoms with Crippen molar-refractivity contribution < 1.29 is 10.0 Å². The normalized spacial score (nSPS) is 17.7. The van der Waals surface area contributed by atoms with Gasteiger partial charge in [0.05, 0.1) is 0 Å². The van der Waals surface area contributed by atoms with Crippen LogP contribution in [0.4, 0.5) is 5.82 Å². The van der Waals surface area contributed by atoms with E-state index in [2.05, 4.69) is 39.5 Å². The van der Waals surface area contributed by atoms with Crippen LogP contribution in [0.25, 0.3) is 6.08 Å². The summed E-state index contributed by atoms with van der Waals surface area (Å²) in [5, 5.41) is 11.9. The minimum absolute atomic E-state index is 0.387. The molecule has 0 saturated carbocycles. The number of aromatic nitrogens is 1. The van der Waals surface area contributed by atoms with Crippen molar-refractivity contribution in [2.75, 3.05) is 18.4 Å². The number of amides is 1. The van der Waals surface area contributed by atoms with E-state index in [0.717, 1.165) is 37.4 Å². The topological polar surface area (TPSA) is 77.5 Å². The molecule has 2 heterocycles. The Morgan fingerprint density at radius 3 is 2.84 bits per heavy atom. The molecule has 1 saturated heterocycles. The highest BCUT2D eigenvalue weighted by Gasteiger charge is 2.22. The summed E-state index contributed by atoms with van der Waals surface area (Å²) in [6.45, 7) is 3.04. The molecule has 1 aromatic heterocycles. The molecule has 3 rings (SSSR count). The number of hydrogen-bond acceptors (Lipinski definition) is 5. The highest BCUT2D eigenvalue weighted by molar-refractivity contribution is 5.90. The second-order valence-corrected chi connectivity index (χ2v) is 6.14. The van der Waals surface area contributed by atoms with Gasteiger partial charge in [0.1, 0.15) is 5.82 Å². The van der Waals surface area contributed by atoms with Gasteiger partial charge in [-0.2, -0.15) is 0 Å². The third-order valence-electron chi connectivity index (χ3n) is 4.20. The average molecular weight is 338 g/mol. The molecule has 0 unspecified atom stereocenters. The SMILES string of the molecule is O=C(C=Cc1ccc(N[C@@H]2CCN(Cc3ccccc3)C2)nc1)NO. The molecular weight excluding hydrogens is 316 g/mol. The number of hydroxylamine groups is 1. The van der Waals surface area contributed by atoms with Crippen LogP contribution in [0.5, 0.6) is 0 Å². The van der Waals surface area contributed by atoms with Crippen molar-refractivity contribution in [1.82, 2.24) is 15.4 Å². The molecule has 0 radical (unpaired) electrons. The Morgan fingerprint density at radius 1 is 1.28 bits per heavy atom. The number of nitrogens with zero attached hydrogens (tertiary/aromatic N) is 2. The Hall–Kier alpha value is -2.70. The van der Waals surface area contributed by atoms with Crippen LogP contribution in [-0.2, 0) is 11.3 Å². The number of likely N-dealkylation sites (tertiary alicyclic amines) is 1. The number of benzene rings is 1. The van der Waals surface area contributed by atoms with Gasteiger partial charge in [-0.25, -0.2) is 10.5 Å². The van der Waals surface area contributed by atoms with Gasteiger partial charge in [0, 0.05) is 37.9 Å². The van der Waals surface area contributed by atoms with Crippen molar-refractivity contribution in [2.24, 2.45) is 0 Å². The van der Waals surface area contributed by atoms with Crippen molar-refractivity contribution in [2.45, 2.75) is 19.0 Å². The molecule has 25 heavy (non-hydrogen) atoms. The van der Waals surface area contributed by atoms with Gasteiger partial charge in [-0.15, -0.1) is 0 Å². The van der Waals surface area contributed by atoms with Crippen LogP contribution in [-0.4, -0.2) is 40.1 Å². The summed E-state index contributed by atoms with van der Waals surface area (Å²) in [6, 6.07) is 14.7. The maximum atomic E-state index is 11.0. The monoisotopic (exact) mass is 338 g/mol. The molecular formula is C19H22N4O2. The van der Waals surface area contributed by atoms with Gasteiger partial charge in [0.2, 0.25) is 0 Å². The largest absolute Gasteiger partial charge is 0.366 e. The number of nitrogens with one attached hydrogen (secondary N) is 2. The van der Waals surface area contributed by atoms with E-state index >= 15 is 0 Å². The maximum Gasteiger partial charge on any atom is 0.267 e. The van der Waals surface area contributed by atoms with E-state index in [0.29, 0.717) is 6.04 Å². The number of carbonyl (C=O) groups excluding carboxylic acids is 1. The van der Waals surface area contributed by atoms with Crippen molar-refractivity contribution in [3.8, 4) is 0 Å². The Labute approximate surface area is 147 Å². The van der Waals surface area contributed by atoms with E-state index < -0.39 is 5.91 Å². The average Bonchev–Trinajstić information content (AvgIpc) is 3.08. The fourth-order valence-electron chi connectivity index (χ4n) is 2.94. The fraction of sp³-hybridized carbons (Fsp3) is 0.263. The zero-order valence-electron chi connectivity index (χ0n) is 13.9. The molecule has 130 valence electrons. The predicted molar refractivity (Wildman–Crippen MR) is 96.9 cm³/mol. The summed E-state index contributed by atoms with van der Waals surface area (Å²) < 4.78 is 0. The van der Waals surface area contributed by atoms with Crippen LogP contribution in [0, 0.1) is 0 Å². The summed E-state index contributed by atoms with van der Waals surface area (Å²) in [6.07, 6.45) is 5.63. The van der Waals surface area contributed by atoms with Crippen LogP contribution in [0.15, 0.2) is 54.7 Å². The summed E-state index contributed by atoms with van der Waals surface area (Å²) in [7, 11) is 0. The lowest BCUT2D eigenvalue weighted by Crippen LogP contribution is -2.26. The molecule has 1 aromatic carbocycles. The number of anilines is 1. The third-order valence-corrected chi connectivity index (χ3v) is 4.20. The Morgan fingerprint density at radius 2 is 2.12 bits per heavy atom. The molecule has 0 bridgehead atoms. The smallest absolute Gasteiger partial charge is 0.267 e. The first kappa shape index (κ1) is 17.1. The molecule has 1 aliphatic heterocycles. The van der Waals surface area contributed by atoms with Crippen LogP contribution in [0.2, 0.25) is 0 Å². The van der Waals surface area contributed by atoms with Gasteiger partial charge in [0.25, 0.3) is 5.91 Å². The Balaban J connectivity index is 1.50. The molecule has 2 aromatic rings. The van der Waals surface area contributed by atoms with Gasteiger partial charge in [0.15, 0.2) is 0 Å². The highest BCUT2D eigenvalue weighted by Crippen LogP contribution is 2.17. The molecule has 1 amide bonds. The van der Waals surface area contributed by atoms with Gasteiger partial charge in [-0.1, -0.05) is 30.3 Å². The van der Waals surface area contributed by atoms with Crippen LogP contribution in [0.3, 0.4) is 0 Å². The molecule has 1 fully saturated rings. The van der Waals surface area contributed by atoms with E-state index in [9.17, 15) is 4.79 Å². The fourth-order valence-corrected chi connectivity index (χ4v) is 2.94. The van der Waals surface area contributed by atoms with E-state index in [1.54, 1.807) is 17.8 Å². The lowest BCUT2D eigenvalue weighted by atomic mass is 10.2. The first-order valence-corrected chi connectivity index (χ1v) is 8.34. The Kier molecular flexibility index (Phi) is 5.77. The van der Waals surface area contributed by atoms with E-state index in [-0.39, 0.29) is 0 Å². The first-order chi connectivity index (χ1) is 12.2. The van der Waals surface area contributed by atoms with E-state index in [1.807, 2.05) is 18.2 Å². The minimum atomic E-state index is -0.563. The van der Waals surface area contributed by atoms with Crippen molar-refractivity contribution in [1.29, 1.82) is 0 Å². The quantitative estimate of drug-likeness (QED) is 0.428. The van der Waals surface area contributed by atoms with Crippen LogP contribution >= 0.6 is 0 Å². The number of carbonyl (C=O) groups is 1. The molecule has 6 heteroatoms. The molecule has 6 nitrogen and oxygen atoms in total. The van der Waals surface area contributed by atoms with Crippen LogP contribution < -0.4 is 10.8 Å². The zero-order valence-corrected chi connectivity index (χ0v) is 13.9. The summed E-state index contributed by atoms with van der Waals surface area (Å²) in [4.78, 5) is 17.8. The summed E-state index contributed by atoms with van der Waals surface area (Å²) >= 11 is 0. The molecule has 0 aliphatic carbocycles. The maximum absolute atomic E-state index is 11.0. The Bertz CT molecular complexity index is 716. The molecule has 1 atom stereocenters. The van der Waals surface area contributed by atoms with Gasteiger partial charge in [-0.05, 0) is 35.8 Å². The molecule has 1 aliphatic rings. The number of pyridine rings is 1. The predicted octanol–water partition coefficient (Wildman–Crippen LogP) is 2.29. The highest BCUT2D eigenvalue weighted by atomic mass is 16.5. The summed E-state index contributed by atoms with van der Waals surface area (Å²) in [5.74, 6) is 0.266. The molecule has 0 spiro atoms. The second-order valence-electron chi connectivity index (χ2n) is 6.14. The van der Waals surface area contributed by atoms with Crippen molar-refractivity contribution >= 4 is 17.8 Å². The number of hydrogen-bond donors (Lipinski definition) is 3. The van der Waals surface area contributed by atoms with Gasteiger partial charge < -0.3 is 5.32 Å². The molecule has 3 N–H and O–H groups in total. The van der Waals surface area contributed by atoms with E-state index in [4.69, 9.17) is 5.21 Å². The minimum Gasteiger partial charge on any atom is -0.366 e. The third kappa shape index (κ3) is 5.14. The standard InChI is InChI=1S/C19H22N4O2/c24-19(22-25)9-7-15-6-8-18(20-12-15)21-17-10-11-23(14-17)13-16-4-2-1-3-5-16/h1-9,12,17,25H,10-11,13-14H2,(H,20,21)(H,22,24)/t17-/m1/s1. The van der Waals surface area contributed by atoms with Crippen LogP contribution in [0.1, 0.15) is 17.5 Å². The number of rotatable bonds is 6. The first-order valence-electron chi connectivity index (χ1n) is 8.34. The second kappa shape index (κ2) is 8.41. The van der Waals surface area contributed by atoms with Crippen molar-refractivity contribution in [3.63, 3.8) is 0 Å². The summed E-state index contributed by atoms with van der Waals surface area (Å²) in [5.41, 5.74) is 3.69. The lowest BCUT2D eigenvalue weighted by Gasteiger charge is -2.17. The van der Waals surface area contributed by atoms with Crippen molar-refractivity contribution in [3.05, 3.63) is 65.9 Å². The van der Waals surface area contributed by atoms with Gasteiger partial charge >= 0.3 is 0 Å². The zero-order chi connectivity index (χ0) is 17.5.